The standard InChI is InChI=1S/C13H19N3O2S/c1-4-16(8-11(17)15-9(2)3)13(18)10-6-5-7-14-12(10)19/h5-7,9H,4,8H2,1-3H3,(H,14,19)(H,15,17). The van der Waals surface area contributed by atoms with Gasteiger partial charge in [0.1, 0.15) is 4.64 Å². The van der Waals surface area contributed by atoms with Crippen LogP contribution in [-0.4, -0.2) is 40.8 Å². The van der Waals surface area contributed by atoms with Crippen molar-refractivity contribution >= 4 is 24.0 Å². The van der Waals surface area contributed by atoms with E-state index in [2.05, 4.69) is 10.3 Å². The SMILES string of the molecule is CCN(CC(=O)NC(C)C)C(=O)c1ccc[nH]c1=S. The molecule has 19 heavy (non-hydrogen) atoms. The number of likely N-dealkylation sites (N-methyl/N-ethyl adjacent to an activating group) is 1. The fraction of sp³-hybridized carbons (Fsp3) is 0.462. The molecule has 2 amide bonds. The molecule has 0 atom stereocenters. The molecule has 0 fully saturated rings. The van der Waals surface area contributed by atoms with E-state index in [4.69, 9.17) is 12.2 Å². The van der Waals surface area contributed by atoms with Crippen molar-refractivity contribution in [3.05, 3.63) is 28.5 Å². The number of rotatable bonds is 5. The zero-order valence-corrected chi connectivity index (χ0v) is 12.2. The topological polar surface area (TPSA) is 65.2 Å². The van der Waals surface area contributed by atoms with Crippen LogP contribution >= 0.6 is 12.2 Å². The van der Waals surface area contributed by atoms with Crippen LogP contribution in [0.4, 0.5) is 0 Å². The van der Waals surface area contributed by atoms with Gasteiger partial charge in [0.05, 0.1) is 12.1 Å². The van der Waals surface area contributed by atoms with Crippen molar-refractivity contribution in [3.63, 3.8) is 0 Å². The van der Waals surface area contributed by atoms with Crippen molar-refractivity contribution in [2.75, 3.05) is 13.1 Å². The Balaban J connectivity index is 2.81. The minimum atomic E-state index is -0.233. The van der Waals surface area contributed by atoms with E-state index in [1.54, 1.807) is 18.3 Å². The van der Waals surface area contributed by atoms with Crippen LogP contribution in [-0.2, 0) is 4.79 Å². The Morgan fingerprint density at radius 2 is 2.16 bits per heavy atom. The van der Waals surface area contributed by atoms with Gasteiger partial charge in [-0.05, 0) is 32.9 Å². The maximum atomic E-state index is 12.3. The third-order valence-electron chi connectivity index (χ3n) is 2.50. The molecule has 1 aromatic heterocycles. The minimum Gasteiger partial charge on any atom is -0.352 e. The molecule has 0 aromatic carbocycles. The number of hydrogen-bond donors (Lipinski definition) is 2. The highest BCUT2D eigenvalue weighted by molar-refractivity contribution is 7.71. The Morgan fingerprint density at radius 1 is 1.47 bits per heavy atom. The van der Waals surface area contributed by atoms with Crippen molar-refractivity contribution in [2.24, 2.45) is 0 Å². The number of H-pyrrole nitrogens is 1. The van der Waals surface area contributed by atoms with E-state index in [1.807, 2.05) is 20.8 Å². The van der Waals surface area contributed by atoms with Crippen LogP contribution < -0.4 is 5.32 Å². The maximum Gasteiger partial charge on any atom is 0.257 e. The largest absolute Gasteiger partial charge is 0.352 e. The lowest BCUT2D eigenvalue weighted by atomic mass is 10.2. The van der Waals surface area contributed by atoms with Gasteiger partial charge in [0.2, 0.25) is 5.91 Å². The first-order chi connectivity index (χ1) is 8.95. The number of aromatic amines is 1. The second-order valence-electron chi connectivity index (χ2n) is 4.45. The number of amides is 2. The van der Waals surface area contributed by atoms with Crippen LogP contribution in [0.15, 0.2) is 18.3 Å². The van der Waals surface area contributed by atoms with E-state index in [0.29, 0.717) is 16.7 Å². The normalized spacial score (nSPS) is 10.3. The number of carbonyl (C=O) groups excluding carboxylic acids is 2. The summed E-state index contributed by atoms with van der Waals surface area (Å²) in [5.74, 6) is -0.403. The quantitative estimate of drug-likeness (QED) is 0.808. The van der Waals surface area contributed by atoms with Crippen LogP contribution in [0.1, 0.15) is 31.1 Å². The Hall–Kier alpha value is -1.69. The Kier molecular flexibility index (Phi) is 5.69. The second kappa shape index (κ2) is 7.04. The van der Waals surface area contributed by atoms with Gasteiger partial charge in [-0.3, -0.25) is 9.59 Å². The molecule has 2 N–H and O–H groups in total. The first kappa shape index (κ1) is 15.4. The van der Waals surface area contributed by atoms with Crippen molar-refractivity contribution in [1.82, 2.24) is 15.2 Å². The highest BCUT2D eigenvalue weighted by atomic mass is 32.1. The lowest BCUT2D eigenvalue weighted by Gasteiger charge is -2.21. The molecule has 0 unspecified atom stereocenters. The van der Waals surface area contributed by atoms with Gasteiger partial charge < -0.3 is 15.2 Å². The van der Waals surface area contributed by atoms with Crippen LogP contribution in [0.5, 0.6) is 0 Å². The molecule has 6 heteroatoms. The third kappa shape index (κ3) is 4.48. The summed E-state index contributed by atoms with van der Waals surface area (Å²) < 4.78 is 0.384. The molecule has 1 heterocycles. The summed E-state index contributed by atoms with van der Waals surface area (Å²) in [7, 11) is 0. The van der Waals surface area contributed by atoms with Gasteiger partial charge in [-0.1, -0.05) is 12.2 Å². The Bertz CT molecular complexity index is 511. The van der Waals surface area contributed by atoms with Gasteiger partial charge in [0, 0.05) is 18.8 Å². The molecular formula is C13H19N3O2S. The molecule has 0 spiro atoms. The predicted octanol–water partition coefficient (Wildman–Crippen LogP) is 1.73. The minimum absolute atomic E-state index is 0.0389. The number of pyridine rings is 1. The van der Waals surface area contributed by atoms with Gasteiger partial charge >= 0.3 is 0 Å². The number of carbonyl (C=O) groups is 2. The second-order valence-corrected chi connectivity index (χ2v) is 4.86. The molecule has 1 aromatic rings. The van der Waals surface area contributed by atoms with E-state index in [-0.39, 0.29) is 24.4 Å². The van der Waals surface area contributed by atoms with Gasteiger partial charge in [-0.2, -0.15) is 0 Å². The van der Waals surface area contributed by atoms with E-state index in [1.165, 1.54) is 4.90 Å². The summed E-state index contributed by atoms with van der Waals surface area (Å²) in [6.07, 6.45) is 1.67. The summed E-state index contributed by atoms with van der Waals surface area (Å²) in [5.41, 5.74) is 0.414. The maximum absolute atomic E-state index is 12.3. The van der Waals surface area contributed by atoms with Crippen molar-refractivity contribution < 1.29 is 9.59 Å². The molecule has 0 bridgehead atoms. The fourth-order valence-electron chi connectivity index (χ4n) is 1.63. The van der Waals surface area contributed by atoms with Gasteiger partial charge in [-0.25, -0.2) is 0 Å². The molecular weight excluding hydrogens is 262 g/mol. The summed E-state index contributed by atoms with van der Waals surface area (Å²) in [6.45, 7) is 6.08. The molecule has 0 aliphatic heterocycles. The van der Waals surface area contributed by atoms with Crippen LogP contribution in [0.2, 0.25) is 0 Å². The highest BCUT2D eigenvalue weighted by Gasteiger charge is 2.18. The van der Waals surface area contributed by atoms with Crippen LogP contribution in [0.3, 0.4) is 0 Å². The molecule has 0 saturated heterocycles. The van der Waals surface area contributed by atoms with Crippen molar-refractivity contribution in [2.45, 2.75) is 26.8 Å². The van der Waals surface area contributed by atoms with Gasteiger partial charge in [-0.15, -0.1) is 0 Å². The van der Waals surface area contributed by atoms with Crippen LogP contribution in [0.25, 0.3) is 0 Å². The van der Waals surface area contributed by atoms with E-state index in [0.717, 1.165) is 0 Å². The number of nitrogens with zero attached hydrogens (tertiary/aromatic N) is 1. The van der Waals surface area contributed by atoms with E-state index < -0.39 is 0 Å². The molecule has 1 rings (SSSR count). The zero-order chi connectivity index (χ0) is 14.4. The zero-order valence-electron chi connectivity index (χ0n) is 11.4. The van der Waals surface area contributed by atoms with Crippen molar-refractivity contribution in [3.8, 4) is 0 Å². The van der Waals surface area contributed by atoms with Crippen molar-refractivity contribution in [1.29, 1.82) is 0 Å². The van der Waals surface area contributed by atoms with Gasteiger partial charge in [0.15, 0.2) is 0 Å². The number of hydrogen-bond acceptors (Lipinski definition) is 3. The predicted molar refractivity (Wildman–Crippen MR) is 76.5 cm³/mol. The molecule has 0 saturated carbocycles. The smallest absolute Gasteiger partial charge is 0.257 e. The lowest BCUT2D eigenvalue weighted by molar-refractivity contribution is -0.122. The number of aromatic nitrogens is 1. The van der Waals surface area contributed by atoms with E-state index >= 15 is 0 Å². The van der Waals surface area contributed by atoms with E-state index in [9.17, 15) is 9.59 Å². The average molecular weight is 281 g/mol. The molecule has 0 aliphatic carbocycles. The monoisotopic (exact) mass is 281 g/mol. The van der Waals surface area contributed by atoms with Crippen LogP contribution in [0, 0.1) is 4.64 Å². The Morgan fingerprint density at radius 3 is 2.68 bits per heavy atom. The lowest BCUT2D eigenvalue weighted by Crippen LogP contribution is -2.42. The third-order valence-corrected chi connectivity index (χ3v) is 2.84. The average Bonchev–Trinajstić information content (AvgIpc) is 2.35. The number of nitrogens with one attached hydrogen (secondary N) is 2. The molecule has 0 aliphatic rings. The first-order valence-electron chi connectivity index (χ1n) is 6.22. The molecule has 5 nitrogen and oxygen atoms in total. The summed E-state index contributed by atoms with van der Waals surface area (Å²) in [6, 6.07) is 3.43. The Labute approximate surface area is 118 Å². The molecule has 0 radical (unpaired) electrons. The fourth-order valence-corrected chi connectivity index (χ4v) is 1.85. The first-order valence-corrected chi connectivity index (χ1v) is 6.62. The summed E-state index contributed by atoms with van der Waals surface area (Å²) >= 11 is 5.08. The summed E-state index contributed by atoms with van der Waals surface area (Å²) in [5, 5.41) is 2.76. The van der Waals surface area contributed by atoms with Gasteiger partial charge in [0.25, 0.3) is 5.91 Å². The molecule has 104 valence electrons. The highest BCUT2D eigenvalue weighted by Crippen LogP contribution is 2.05. The summed E-state index contributed by atoms with van der Waals surface area (Å²) in [4.78, 5) is 28.3.